The van der Waals surface area contributed by atoms with Gasteiger partial charge in [-0.15, -0.1) is 0 Å². The lowest BCUT2D eigenvalue weighted by Crippen LogP contribution is -2.29. The Morgan fingerprint density at radius 3 is 1.58 bits per heavy atom. The highest BCUT2D eigenvalue weighted by Gasteiger charge is 2.36. The molecule has 1 heterocycles. The Morgan fingerprint density at radius 2 is 1.05 bits per heavy atom. The van der Waals surface area contributed by atoms with Crippen molar-refractivity contribution in [2.45, 2.75) is 199 Å². The Morgan fingerprint density at radius 1 is 0.578 bits per heavy atom. The van der Waals surface area contributed by atoms with Crippen molar-refractivity contribution in [2.75, 3.05) is 26.4 Å². The largest absolute Gasteiger partial charge is 0.472 e. The maximum Gasteiger partial charge on any atom is 0.472 e. The Kier molecular flexibility index (Phi) is 36.3. The van der Waals surface area contributed by atoms with Gasteiger partial charge in [-0.2, -0.15) is 0 Å². The van der Waals surface area contributed by atoms with Crippen molar-refractivity contribution in [3.8, 4) is 0 Å². The summed E-state index contributed by atoms with van der Waals surface area (Å²) in [7, 11) is -9.71. The highest BCUT2D eigenvalue weighted by molar-refractivity contribution is 7.47. The summed E-state index contributed by atoms with van der Waals surface area (Å²) in [5, 5.41) is 9.77. The highest BCUT2D eigenvalue weighted by Crippen LogP contribution is 2.44. The summed E-state index contributed by atoms with van der Waals surface area (Å²) in [6, 6.07) is 0. The average Bonchev–Trinajstić information content (AvgIpc) is 4.00. The molecular formula is C48H84O14P2. The van der Waals surface area contributed by atoms with E-state index in [1.165, 1.54) is 70.6 Å². The van der Waals surface area contributed by atoms with Crippen LogP contribution in [-0.4, -0.2) is 82.6 Å². The fourth-order valence-corrected chi connectivity index (χ4v) is 7.70. The Labute approximate surface area is 385 Å². The standard InChI is InChI=1S/C48H84O14P2/c1-4-5-28-34-45-46(62-45)35-30-25-21-17-13-10-11-15-19-23-27-32-37-48(51)61-44(41-60-64(55,56)59-39-43(49)38-58-63(52,53)54)40-57-47(50)36-31-26-22-18-14-9-7-6-8-12-16-20-24-29-33-42(2)3/h5,11,13,15,17,23,25,27-28,30,42-46,49H,4,6-10,12,14,16,18-22,24,26,29,31-41H2,1-3H3,(H,55,56)(H2,52,53,54)/b15-11-,17-13-,27-23-,28-5-,30-25-/t43-,44+,45?,46?/m0/s1. The summed E-state index contributed by atoms with van der Waals surface area (Å²) in [6.45, 7) is 3.90. The number of aliphatic hydroxyl groups excluding tert-OH is 1. The van der Waals surface area contributed by atoms with Gasteiger partial charge in [0.25, 0.3) is 0 Å². The number of hydrogen-bond donors (Lipinski definition) is 4. The van der Waals surface area contributed by atoms with E-state index in [2.05, 4.69) is 72.4 Å². The molecular weight excluding hydrogens is 862 g/mol. The molecule has 370 valence electrons. The smallest absolute Gasteiger partial charge is 0.462 e. The second kappa shape index (κ2) is 38.8. The number of unbranched alkanes of at least 4 members (excludes halogenated alkanes) is 13. The van der Waals surface area contributed by atoms with Crippen LogP contribution in [0, 0.1) is 5.92 Å². The monoisotopic (exact) mass is 947 g/mol. The predicted octanol–water partition coefficient (Wildman–Crippen LogP) is 11.6. The summed E-state index contributed by atoms with van der Waals surface area (Å²) in [6.07, 6.45) is 42.7. The molecule has 0 saturated carbocycles. The highest BCUT2D eigenvalue weighted by atomic mass is 31.2. The van der Waals surface area contributed by atoms with Crippen molar-refractivity contribution >= 4 is 27.6 Å². The SMILES string of the molecule is CC/C=C\CC1OC1C/C=C\C/C=C\C/C=C\C/C=C\CCC(=O)O[C@H](COC(=O)CCCCCCCCCCCCCCCCC(C)C)COP(=O)(O)OC[C@@H](O)COP(=O)(O)O. The van der Waals surface area contributed by atoms with Gasteiger partial charge in [-0.3, -0.25) is 23.2 Å². The van der Waals surface area contributed by atoms with Crippen molar-refractivity contribution in [1.29, 1.82) is 0 Å². The molecule has 16 heteroatoms. The maximum absolute atomic E-state index is 12.7. The third kappa shape index (κ3) is 40.1. The molecule has 0 aromatic rings. The number of phosphoric acid groups is 2. The van der Waals surface area contributed by atoms with Crippen LogP contribution in [-0.2, 0) is 46.5 Å². The normalized spacial score (nSPS) is 17.7. The molecule has 1 saturated heterocycles. The van der Waals surface area contributed by atoms with E-state index in [0.717, 1.165) is 57.3 Å². The first-order valence-corrected chi connectivity index (χ1v) is 27.0. The van der Waals surface area contributed by atoms with Crippen molar-refractivity contribution in [2.24, 2.45) is 5.92 Å². The summed E-state index contributed by atoms with van der Waals surface area (Å²) in [5.41, 5.74) is 0. The summed E-state index contributed by atoms with van der Waals surface area (Å²) >= 11 is 0. The maximum atomic E-state index is 12.7. The van der Waals surface area contributed by atoms with Gasteiger partial charge in [0.15, 0.2) is 6.10 Å². The first kappa shape index (κ1) is 59.8. The van der Waals surface area contributed by atoms with Crippen molar-refractivity contribution in [3.05, 3.63) is 60.8 Å². The lowest BCUT2D eigenvalue weighted by atomic mass is 10.0. The summed E-state index contributed by atoms with van der Waals surface area (Å²) in [4.78, 5) is 52.8. The van der Waals surface area contributed by atoms with Crippen molar-refractivity contribution in [3.63, 3.8) is 0 Å². The fourth-order valence-electron chi connectivity index (χ4n) is 6.54. The molecule has 0 radical (unpaired) electrons. The molecule has 0 spiro atoms. The zero-order valence-electron chi connectivity index (χ0n) is 39.2. The number of aliphatic hydroxyl groups is 1. The molecule has 1 aliphatic rings. The first-order valence-electron chi connectivity index (χ1n) is 24.0. The molecule has 1 rings (SSSR count). The van der Waals surface area contributed by atoms with Crippen LogP contribution in [0.2, 0.25) is 0 Å². The number of rotatable bonds is 43. The van der Waals surface area contributed by atoms with E-state index in [1.54, 1.807) is 0 Å². The lowest BCUT2D eigenvalue weighted by Gasteiger charge is -2.20. The zero-order valence-corrected chi connectivity index (χ0v) is 41.0. The molecule has 14 nitrogen and oxygen atoms in total. The van der Waals surface area contributed by atoms with Gasteiger partial charge < -0.3 is 34.0 Å². The molecule has 0 amide bonds. The second-order valence-corrected chi connectivity index (χ2v) is 19.6. The third-order valence-electron chi connectivity index (χ3n) is 10.3. The second-order valence-electron chi connectivity index (χ2n) is 16.9. The molecule has 1 aliphatic heterocycles. The Hall–Kier alpha value is -2.22. The Bertz CT molecular complexity index is 1440. The van der Waals surface area contributed by atoms with Crippen LogP contribution in [0.15, 0.2) is 60.8 Å². The molecule has 5 atom stereocenters. The van der Waals surface area contributed by atoms with Crippen LogP contribution in [0.3, 0.4) is 0 Å². The van der Waals surface area contributed by atoms with Gasteiger partial charge in [0.2, 0.25) is 0 Å². The number of hydrogen-bond acceptors (Lipinski definition) is 11. The third-order valence-corrected chi connectivity index (χ3v) is 11.7. The lowest BCUT2D eigenvalue weighted by molar-refractivity contribution is -0.161. The molecule has 1 fully saturated rings. The quantitative estimate of drug-likeness (QED) is 0.0147. The van der Waals surface area contributed by atoms with E-state index in [4.69, 9.17) is 28.5 Å². The number of allylic oxidation sites excluding steroid dienone is 8. The van der Waals surface area contributed by atoms with Crippen LogP contribution >= 0.6 is 15.6 Å². The van der Waals surface area contributed by atoms with Crippen molar-refractivity contribution < 1.29 is 66.3 Å². The average molecular weight is 947 g/mol. The van der Waals surface area contributed by atoms with Crippen LogP contribution < -0.4 is 0 Å². The minimum atomic E-state index is -4.88. The van der Waals surface area contributed by atoms with E-state index < -0.39 is 66.2 Å². The van der Waals surface area contributed by atoms with E-state index >= 15 is 0 Å². The van der Waals surface area contributed by atoms with E-state index in [1.807, 2.05) is 18.2 Å². The van der Waals surface area contributed by atoms with Crippen LogP contribution in [0.25, 0.3) is 0 Å². The number of carbonyl (C=O) groups excluding carboxylic acids is 2. The fraction of sp³-hybridized carbons (Fsp3) is 0.750. The van der Waals surface area contributed by atoms with Crippen LogP contribution in [0.1, 0.15) is 175 Å². The minimum absolute atomic E-state index is 0.00206. The van der Waals surface area contributed by atoms with Gasteiger partial charge in [0, 0.05) is 12.8 Å². The number of ether oxygens (including phenoxy) is 3. The molecule has 64 heavy (non-hydrogen) atoms. The number of esters is 2. The van der Waals surface area contributed by atoms with Crippen LogP contribution in [0.5, 0.6) is 0 Å². The van der Waals surface area contributed by atoms with Gasteiger partial charge in [0.1, 0.15) is 12.7 Å². The molecule has 0 aromatic carbocycles. The van der Waals surface area contributed by atoms with Gasteiger partial charge in [-0.05, 0) is 57.3 Å². The van der Waals surface area contributed by atoms with E-state index in [0.29, 0.717) is 31.5 Å². The minimum Gasteiger partial charge on any atom is -0.462 e. The van der Waals surface area contributed by atoms with Gasteiger partial charge in [-0.25, -0.2) is 9.13 Å². The number of phosphoric ester groups is 2. The predicted molar refractivity (Wildman–Crippen MR) is 252 cm³/mol. The van der Waals surface area contributed by atoms with E-state index in [9.17, 15) is 28.7 Å². The topological polar surface area (TPSA) is 208 Å². The molecule has 0 aromatic heterocycles. The molecule has 3 unspecified atom stereocenters. The van der Waals surface area contributed by atoms with Gasteiger partial charge in [0.05, 0.1) is 32.0 Å². The Balaban J connectivity index is 2.36. The van der Waals surface area contributed by atoms with Crippen molar-refractivity contribution in [1.82, 2.24) is 0 Å². The number of carbonyl (C=O) groups is 2. The summed E-state index contributed by atoms with van der Waals surface area (Å²) < 4.78 is 53.5. The van der Waals surface area contributed by atoms with Gasteiger partial charge in [-0.1, -0.05) is 171 Å². The molecule has 0 aliphatic carbocycles. The zero-order chi connectivity index (χ0) is 47.2. The van der Waals surface area contributed by atoms with Gasteiger partial charge >= 0.3 is 27.6 Å². The first-order chi connectivity index (χ1) is 30.7. The number of epoxide rings is 1. The summed E-state index contributed by atoms with van der Waals surface area (Å²) in [5.74, 6) is -0.324. The molecule has 0 bridgehead atoms. The van der Waals surface area contributed by atoms with E-state index in [-0.39, 0.29) is 12.8 Å². The van der Waals surface area contributed by atoms with Crippen LogP contribution in [0.4, 0.5) is 0 Å². The molecule has 4 N–H and O–H groups in total.